The zero-order valence-corrected chi connectivity index (χ0v) is 12.1. The molecule has 1 aromatic heterocycles. The van der Waals surface area contributed by atoms with Crippen LogP contribution in [-0.4, -0.2) is 11.2 Å². The summed E-state index contributed by atoms with van der Waals surface area (Å²) in [5.41, 5.74) is 3.70. The number of nitriles is 2. The topological polar surface area (TPSA) is 73.8 Å². The van der Waals surface area contributed by atoms with Gasteiger partial charge in [0.05, 0.1) is 0 Å². The minimum absolute atomic E-state index is 0.0345. The Hall–Kier alpha value is -2.92. The lowest BCUT2D eigenvalue weighted by atomic mass is 10.2. The van der Waals surface area contributed by atoms with Crippen molar-refractivity contribution in [2.24, 2.45) is 7.05 Å². The van der Waals surface area contributed by atoms with Gasteiger partial charge in [0.2, 0.25) is 0 Å². The van der Waals surface area contributed by atoms with Crippen LogP contribution in [0.2, 0.25) is 0 Å². The molecule has 2 aromatic rings. The minimum atomic E-state index is 0.0345. The quantitative estimate of drug-likeness (QED) is 0.913. The lowest BCUT2D eigenvalue weighted by Gasteiger charge is -2.08. The molecule has 2 rings (SSSR count). The second-order valence-electron chi connectivity index (χ2n) is 4.64. The van der Waals surface area contributed by atoms with Crippen molar-refractivity contribution in [1.82, 2.24) is 4.57 Å². The molecular weight excluding hydrogens is 264 g/mol. The van der Waals surface area contributed by atoms with Crippen molar-refractivity contribution in [3.63, 3.8) is 0 Å². The number of nitrogens with one attached hydrogen (secondary N) is 1. The van der Waals surface area contributed by atoms with E-state index in [9.17, 15) is 0 Å². The highest BCUT2D eigenvalue weighted by Gasteiger charge is 2.08. The lowest BCUT2D eigenvalue weighted by Crippen LogP contribution is -2.02. The van der Waals surface area contributed by atoms with Crippen LogP contribution in [0.1, 0.15) is 17.0 Å². The summed E-state index contributed by atoms with van der Waals surface area (Å²) in [5, 5.41) is 20.8. The van der Waals surface area contributed by atoms with E-state index in [2.05, 4.69) is 11.4 Å². The van der Waals surface area contributed by atoms with Crippen LogP contribution in [0, 0.1) is 29.6 Å². The third-order valence-electron chi connectivity index (χ3n) is 3.38. The summed E-state index contributed by atoms with van der Waals surface area (Å²) in [6, 6.07) is 13.5. The van der Waals surface area contributed by atoms with Gasteiger partial charge in [-0.25, -0.2) is 0 Å². The van der Waals surface area contributed by atoms with Gasteiger partial charge in [-0.3, -0.25) is 0 Å². The van der Waals surface area contributed by atoms with Gasteiger partial charge in [0.15, 0.2) is 6.61 Å². The SMILES string of the molecule is Cc1c(CNc2cccc(OCC#N)c2)cc(C#N)n1C. The van der Waals surface area contributed by atoms with Crippen LogP contribution >= 0.6 is 0 Å². The van der Waals surface area contributed by atoms with Gasteiger partial charge in [0.25, 0.3) is 0 Å². The highest BCUT2D eigenvalue weighted by Crippen LogP contribution is 2.19. The fourth-order valence-corrected chi connectivity index (χ4v) is 2.06. The van der Waals surface area contributed by atoms with Crippen molar-refractivity contribution in [3.8, 4) is 17.9 Å². The maximum absolute atomic E-state index is 9.03. The van der Waals surface area contributed by atoms with E-state index in [-0.39, 0.29) is 6.61 Å². The van der Waals surface area contributed by atoms with Crippen LogP contribution in [0.3, 0.4) is 0 Å². The van der Waals surface area contributed by atoms with E-state index >= 15 is 0 Å². The Labute approximate surface area is 124 Å². The maximum atomic E-state index is 9.03. The molecule has 0 fully saturated rings. The number of aromatic nitrogens is 1. The molecule has 0 amide bonds. The summed E-state index contributed by atoms with van der Waals surface area (Å²) < 4.78 is 7.14. The summed E-state index contributed by atoms with van der Waals surface area (Å²) >= 11 is 0. The van der Waals surface area contributed by atoms with Gasteiger partial charge in [-0.1, -0.05) is 6.07 Å². The van der Waals surface area contributed by atoms with Crippen molar-refractivity contribution in [3.05, 3.63) is 47.3 Å². The molecular formula is C16H16N4O. The number of nitrogens with zero attached hydrogens (tertiary/aromatic N) is 3. The first-order valence-electron chi connectivity index (χ1n) is 6.54. The molecule has 1 heterocycles. The molecule has 0 bridgehead atoms. The predicted octanol–water partition coefficient (Wildman–Crippen LogP) is 2.72. The molecule has 0 aliphatic carbocycles. The van der Waals surface area contributed by atoms with E-state index in [1.165, 1.54) is 0 Å². The van der Waals surface area contributed by atoms with Crippen LogP contribution in [0.5, 0.6) is 5.75 Å². The van der Waals surface area contributed by atoms with Crippen molar-refractivity contribution in [2.45, 2.75) is 13.5 Å². The van der Waals surface area contributed by atoms with E-state index in [0.29, 0.717) is 18.0 Å². The summed E-state index contributed by atoms with van der Waals surface area (Å²) in [6.45, 7) is 2.65. The Morgan fingerprint density at radius 1 is 1.29 bits per heavy atom. The molecule has 5 nitrogen and oxygen atoms in total. The van der Waals surface area contributed by atoms with Gasteiger partial charge in [-0.15, -0.1) is 0 Å². The van der Waals surface area contributed by atoms with E-state index in [0.717, 1.165) is 16.9 Å². The standard InChI is InChI=1S/C16H16N4O/c1-12-13(8-15(10-18)20(12)2)11-19-14-4-3-5-16(9-14)21-7-6-17/h3-5,8-9,19H,7,11H2,1-2H3. The summed E-state index contributed by atoms with van der Waals surface area (Å²) in [7, 11) is 1.88. The van der Waals surface area contributed by atoms with Crippen LogP contribution < -0.4 is 10.1 Å². The van der Waals surface area contributed by atoms with Crippen molar-refractivity contribution >= 4 is 5.69 Å². The predicted molar refractivity (Wildman–Crippen MR) is 79.7 cm³/mol. The first kappa shape index (κ1) is 14.5. The van der Waals surface area contributed by atoms with Crippen LogP contribution in [-0.2, 0) is 13.6 Å². The Morgan fingerprint density at radius 3 is 2.76 bits per heavy atom. The van der Waals surface area contributed by atoms with Gasteiger partial charge in [-0.05, 0) is 30.7 Å². The zero-order valence-electron chi connectivity index (χ0n) is 12.1. The van der Waals surface area contributed by atoms with Gasteiger partial charge in [0, 0.05) is 31.0 Å². The number of rotatable bonds is 5. The number of ether oxygens (including phenoxy) is 1. The Kier molecular flexibility index (Phi) is 4.48. The van der Waals surface area contributed by atoms with Gasteiger partial charge < -0.3 is 14.6 Å². The molecule has 0 saturated carbocycles. The molecule has 0 spiro atoms. The first-order valence-corrected chi connectivity index (χ1v) is 6.54. The summed E-state index contributed by atoms with van der Waals surface area (Å²) in [6.07, 6.45) is 0. The third kappa shape index (κ3) is 3.34. The average Bonchev–Trinajstić information content (AvgIpc) is 2.79. The Balaban J connectivity index is 2.07. The van der Waals surface area contributed by atoms with E-state index < -0.39 is 0 Å². The Morgan fingerprint density at radius 2 is 2.10 bits per heavy atom. The van der Waals surface area contributed by atoms with Crippen LogP contribution in [0.25, 0.3) is 0 Å². The smallest absolute Gasteiger partial charge is 0.174 e. The van der Waals surface area contributed by atoms with Crippen molar-refractivity contribution in [2.75, 3.05) is 11.9 Å². The number of hydrogen-bond donors (Lipinski definition) is 1. The normalized spacial score (nSPS) is 9.71. The monoisotopic (exact) mass is 280 g/mol. The fourth-order valence-electron chi connectivity index (χ4n) is 2.06. The second kappa shape index (κ2) is 6.49. The number of benzene rings is 1. The molecule has 21 heavy (non-hydrogen) atoms. The first-order chi connectivity index (χ1) is 10.2. The minimum Gasteiger partial charge on any atom is -0.479 e. The highest BCUT2D eigenvalue weighted by molar-refractivity contribution is 5.49. The molecule has 0 aliphatic rings. The highest BCUT2D eigenvalue weighted by atomic mass is 16.5. The molecule has 106 valence electrons. The maximum Gasteiger partial charge on any atom is 0.174 e. The van der Waals surface area contributed by atoms with Gasteiger partial charge >= 0.3 is 0 Å². The number of hydrogen-bond acceptors (Lipinski definition) is 4. The summed E-state index contributed by atoms with van der Waals surface area (Å²) in [4.78, 5) is 0. The zero-order chi connectivity index (χ0) is 15.2. The average molecular weight is 280 g/mol. The van der Waals surface area contributed by atoms with Gasteiger partial charge in [-0.2, -0.15) is 10.5 Å². The molecule has 0 radical (unpaired) electrons. The number of anilines is 1. The van der Waals surface area contributed by atoms with Crippen LogP contribution in [0.15, 0.2) is 30.3 Å². The van der Waals surface area contributed by atoms with Gasteiger partial charge in [0.1, 0.15) is 23.6 Å². The molecule has 0 aliphatic heterocycles. The van der Waals surface area contributed by atoms with E-state index in [1.807, 2.05) is 54.9 Å². The Bertz CT molecular complexity index is 719. The fraction of sp³-hybridized carbons (Fsp3) is 0.250. The molecule has 5 heteroatoms. The second-order valence-corrected chi connectivity index (χ2v) is 4.64. The molecule has 1 N–H and O–H groups in total. The lowest BCUT2D eigenvalue weighted by molar-refractivity contribution is 0.368. The molecule has 0 atom stereocenters. The summed E-state index contributed by atoms with van der Waals surface area (Å²) in [5.74, 6) is 0.657. The molecule has 0 saturated heterocycles. The molecule has 1 aromatic carbocycles. The van der Waals surface area contributed by atoms with Crippen molar-refractivity contribution < 1.29 is 4.74 Å². The van der Waals surface area contributed by atoms with Crippen molar-refractivity contribution in [1.29, 1.82) is 10.5 Å². The third-order valence-corrected chi connectivity index (χ3v) is 3.38. The van der Waals surface area contributed by atoms with E-state index in [1.54, 1.807) is 0 Å². The van der Waals surface area contributed by atoms with E-state index in [4.69, 9.17) is 15.3 Å². The largest absolute Gasteiger partial charge is 0.479 e. The van der Waals surface area contributed by atoms with Crippen LogP contribution in [0.4, 0.5) is 5.69 Å². The molecule has 0 unspecified atom stereocenters.